The van der Waals surface area contributed by atoms with Gasteiger partial charge in [-0.1, -0.05) is 18.2 Å². The Kier molecular flexibility index (Phi) is 6.03. The smallest absolute Gasteiger partial charge is 0.344 e. The van der Waals surface area contributed by atoms with E-state index in [0.29, 0.717) is 12.3 Å². The van der Waals surface area contributed by atoms with Crippen molar-refractivity contribution in [3.8, 4) is 5.75 Å². The fraction of sp³-hybridized carbons (Fsp3) is 0.467. The highest BCUT2D eigenvalue weighted by Gasteiger charge is 2.17. The van der Waals surface area contributed by atoms with E-state index < -0.39 is 12.1 Å². The third-order valence-corrected chi connectivity index (χ3v) is 2.77. The summed E-state index contributed by atoms with van der Waals surface area (Å²) in [5.74, 6) is -0.200. The summed E-state index contributed by atoms with van der Waals surface area (Å²) in [4.78, 5) is 23.1. The summed E-state index contributed by atoms with van der Waals surface area (Å²) in [6.07, 6.45) is -0.816. The Morgan fingerprint density at radius 1 is 1.25 bits per heavy atom. The van der Waals surface area contributed by atoms with Crippen LogP contribution < -0.4 is 10.1 Å². The summed E-state index contributed by atoms with van der Waals surface area (Å²) in [5, 5.41) is 2.59. The summed E-state index contributed by atoms with van der Waals surface area (Å²) in [6.45, 7) is 7.43. The van der Waals surface area contributed by atoms with Crippen LogP contribution >= 0.6 is 0 Å². The van der Waals surface area contributed by atoms with Crippen LogP contribution in [0, 0.1) is 13.8 Å². The molecule has 5 heteroatoms. The molecule has 0 saturated heterocycles. The maximum Gasteiger partial charge on any atom is 0.344 e. The Morgan fingerprint density at radius 3 is 2.40 bits per heavy atom. The molecule has 110 valence electrons. The van der Waals surface area contributed by atoms with Gasteiger partial charge in [0.1, 0.15) is 5.75 Å². The second-order valence-corrected chi connectivity index (χ2v) is 4.54. The lowest BCUT2D eigenvalue weighted by Gasteiger charge is -2.14. The van der Waals surface area contributed by atoms with Gasteiger partial charge in [0.2, 0.25) is 0 Å². The fourth-order valence-corrected chi connectivity index (χ4v) is 1.76. The lowest BCUT2D eigenvalue weighted by molar-refractivity contribution is -0.156. The molecule has 1 rings (SSSR count). The molecule has 0 radical (unpaired) electrons. The van der Waals surface area contributed by atoms with E-state index in [1.807, 2.05) is 32.0 Å². The van der Waals surface area contributed by atoms with Crippen molar-refractivity contribution < 1.29 is 19.1 Å². The zero-order chi connectivity index (χ0) is 15.1. The Balaban J connectivity index is 2.50. The number of esters is 1. The monoisotopic (exact) mass is 279 g/mol. The molecule has 0 aliphatic rings. The molecule has 0 spiro atoms. The van der Waals surface area contributed by atoms with E-state index in [1.165, 1.54) is 6.92 Å². The molecule has 1 atom stereocenters. The number of ether oxygens (including phenoxy) is 2. The molecule has 1 amide bonds. The Hall–Kier alpha value is -2.04. The van der Waals surface area contributed by atoms with Crippen LogP contribution in [0.15, 0.2) is 18.2 Å². The van der Waals surface area contributed by atoms with Crippen LogP contribution in [0.4, 0.5) is 0 Å². The predicted octanol–water partition coefficient (Wildman–Crippen LogP) is 1.75. The van der Waals surface area contributed by atoms with Gasteiger partial charge in [-0.3, -0.25) is 4.79 Å². The molecule has 0 aliphatic carbocycles. The average molecular weight is 279 g/mol. The normalized spacial score (nSPS) is 11.6. The van der Waals surface area contributed by atoms with E-state index >= 15 is 0 Å². The number of carbonyl (C=O) groups excluding carboxylic acids is 2. The SMILES string of the molecule is CCNC(=O)[C@H](C)OC(=O)COc1c(C)cccc1C. The molecule has 20 heavy (non-hydrogen) atoms. The highest BCUT2D eigenvalue weighted by Crippen LogP contribution is 2.22. The molecule has 0 aromatic heterocycles. The Bertz CT molecular complexity index is 465. The van der Waals surface area contributed by atoms with Gasteiger partial charge in [0.15, 0.2) is 12.7 Å². The number of rotatable bonds is 6. The van der Waals surface area contributed by atoms with Crippen LogP contribution in [-0.2, 0) is 14.3 Å². The minimum atomic E-state index is -0.816. The van der Waals surface area contributed by atoms with Gasteiger partial charge in [-0.25, -0.2) is 4.79 Å². The second-order valence-electron chi connectivity index (χ2n) is 4.54. The first-order valence-corrected chi connectivity index (χ1v) is 6.62. The maximum atomic E-state index is 11.6. The number of likely N-dealkylation sites (N-methyl/N-ethyl adjacent to an activating group) is 1. The molecular formula is C15H21NO4. The number of nitrogens with one attached hydrogen (secondary N) is 1. The Morgan fingerprint density at radius 2 is 1.85 bits per heavy atom. The standard InChI is InChI=1S/C15H21NO4/c1-5-16-15(18)12(4)20-13(17)9-19-14-10(2)7-6-8-11(14)3/h6-8,12H,5,9H2,1-4H3,(H,16,18)/t12-/m0/s1. The lowest BCUT2D eigenvalue weighted by atomic mass is 10.1. The molecule has 0 heterocycles. The van der Waals surface area contributed by atoms with Crippen LogP contribution in [-0.4, -0.2) is 31.1 Å². The first-order chi connectivity index (χ1) is 9.45. The minimum Gasteiger partial charge on any atom is -0.481 e. The Labute approximate surface area is 119 Å². The van der Waals surface area contributed by atoms with Crippen molar-refractivity contribution in [3.63, 3.8) is 0 Å². The predicted molar refractivity (Wildman–Crippen MR) is 75.6 cm³/mol. The molecular weight excluding hydrogens is 258 g/mol. The highest BCUT2D eigenvalue weighted by atomic mass is 16.6. The fourth-order valence-electron chi connectivity index (χ4n) is 1.76. The molecule has 0 fully saturated rings. The van der Waals surface area contributed by atoms with Crippen molar-refractivity contribution in [1.29, 1.82) is 0 Å². The zero-order valence-corrected chi connectivity index (χ0v) is 12.4. The van der Waals surface area contributed by atoms with Gasteiger partial charge in [0.05, 0.1) is 0 Å². The minimum absolute atomic E-state index is 0.213. The van der Waals surface area contributed by atoms with Gasteiger partial charge >= 0.3 is 5.97 Å². The zero-order valence-electron chi connectivity index (χ0n) is 12.4. The summed E-state index contributed by atoms with van der Waals surface area (Å²) in [6, 6.07) is 5.74. The van der Waals surface area contributed by atoms with Crippen molar-refractivity contribution in [2.45, 2.75) is 33.8 Å². The van der Waals surface area contributed by atoms with Crippen molar-refractivity contribution >= 4 is 11.9 Å². The first-order valence-electron chi connectivity index (χ1n) is 6.62. The topological polar surface area (TPSA) is 64.6 Å². The summed E-state index contributed by atoms with van der Waals surface area (Å²) >= 11 is 0. The summed E-state index contributed by atoms with van der Waals surface area (Å²) < 4.78 is 10.5. The number of para-hydroxylation sites is 1. The third kappa shape index (κ3) is 4.57. The van der Waals surface area contributed by atoms with Crippen molar-refractivity contribution in [1.82, 2.24) is 5.32 Å². The maximum absolute atomic E-state index is 11.6. The van der Waals surface area contributed by atoms with Crippen LogP contribution in [0.1, 0.15) is 25.0 Å². The summed E-state index contributed by atoms with van der Waals surface area (Å²) in [5.41, 5.74) is 1.91. The lowest BCUT2D eigenvalue weighted by Crippen LogP contribution is -2.36. The first kappa shape index (κ1) is 16.0. The van der Waals surface area contributed by atoms with Gasteiger partial charge in [-0.05, 0) is 38.8 Å². The van der Waals surface area contributed by atoms with Gasteiger partial charge in [-0.15, -0.1) is 0 Å². The van der Waals surface area contributed by atoms with E-state index in [4.69, 9.17) is 9.47 Å². The van der Waals surface area contributed by atoms with Crippen LogP contribution in [0.5, 0.6) is 5.75 Å². The number of hydrogen-bond acceptors (Lipinski definition) is 4. The van der Waals surface area contributed by atoms with Crippen LogP contribution in [0.25, 0.3) is 0 Å². The van der Waals surface area contributed by atoms with Gasteiger partial charge in [-0.2, -0.15) is 0 Å². The molecule has 5 nitrogen and oxygen atoms in total. The van der Waals surface area contributed by atoms with E-state index in [2.05, 4.69) is 5.32 Å². The average Bonchev–Trinajstić information content (AvgIpc) is 2.38. The summed E-state index contributed by atoms with van der Waals surface area (Å²) in [7, 11) is 0. The van der Waals surface area contributed by atoms with Crippen molar-refractivity contribution in [3.05, 3.63) is 29.3 Å². The van der Waals surface area contributed by atoms with Gasteiger partial charge < -0.3 is 14.8 Å². The van der Waals surface area contributed by atoms with E-state index in [1.54, 1.807) is 6.92 Å². The van der Waals surface area contributed by atoms with E-state index in [0.717, 1.165) is 11.1 Å². The molecule has 1 aromatic carbocycles. The second kappa shape index (κ2) is 7.53. The largest absolute Gasteiger partial charge is 0.481 e. The molecule has 1 aromatic rings. The molecule has 1 N–H and O–H groups in total. The quantitative estimate of drug-likeness (QED) is 0.806. The highest BCUT2D eigenvalue weighted by molar-refractivity contribution is 5.83. The van der Waals surface area contributed by atoms with Gasteiger partial charge in [0.25, 0.3) is 5.91 Å². The van der Waals surface area contributed by atoms with E-state index in [-0.39, 0.29) is 12.5 Å². The number of aryl methyl sites for hydroxylation is 2. The van der Waals surface area contributed by atoms with Crippen LogP contribution in [0.3, 0.4) is 0 Å². The number of hydrogen-bond donors (Lipinski definition) is 1. The number of amides is 1. The van der Waals surface area contributed by atoms with Crippen LogP contribution in [0.2, 0.25) is 0 Å². The third-order valence-electron chi connectivity index (χ3n) is 2.77. The van der Waals surface area contributed by atoms with Gasteiger partial charge in [0, 0.05) is 6.54 Å². The van der Waals surface area contributed by atoms with Crippen molar-refractivity contribution in [2.75, 3.05) is 13.2 Å². The molecule has 0 aliphatic heterocycles. The molecule has 0 bridgehead atoms. The molecule has 0 unspecified atom stereocenters. The number of benzene rings is 1. The number of carbonyl (C=O) groups is 2. The van der Waals surface area contributed by atoms with E-state index in [9.17, 15) is 9.59 Å². The van der Waals surface area contributed by atoms with Crippen molar-refractivity contribution in [2.24, 2.45) is 0 Å². The molecule has 0 saturated carbocycles.